The van der Waals surface area contributed by atoms with E-state index in [2.05, 4.69) is 19.6 Å². The summed E-state index contributed by atoms with van der Waals surface area (Å²) >= 11 is 0. The first-order valence-electron chi connectivity index (χ1n) is 5.56. The SMILES string of the molecule is C1N2CN3CN1CN(C2)C3.O=C(O)/C=C\C(=O)O. The number of aliphatic carboxylic acids is 2. The zero-order valence-corrected chi connectivity index (χ0v) is 9.90. The van der Waals surface area contributed by atoms with Gasteiger partial charge in [0.25, 0.3) is 0 Å². The van der Waals surface area contributed by atoms with Gasteiger partial charge in [-0.1, -0.05) is 0 Å². The van der Waals surface area contributed by atoms with Crippen molar-refractivity contribution in [2.75, 3.05) is 40.0 Å². The average molecular weight is 256 g/mol. The molecule has 0 aromatic rings. The van der Waals surface area contributed by atoms with Gasteiger partial charge in [0, 0.05) is 12.2 Å². The van der Waals surface area contributed by atoms with Crippen molar-refractivity contribution in [1.82, 2.24) is 19.6 Å². The normalized spacial score (nSPS) is 36.2. The lowest BCUT2D eigenvalue weighted by atomic mass is 10.4. The Morgan fingerprint density at radius 3 is 1.06 bits per heavy atom. The summed E-state index contributed by atoms with van der Waals surface area (Å²) < 4.78 is 0. The van der Waals surface area contributed by atoms with E-state index >= 15 is 0 Å². The van der Waals surface area contributed by atoms with Crippen LogP contribution >= 0.6 is 0 Å². The van der Waals surface area contributed by atoms with Gasteiger partial charge in [0.1, 0.15) is 0 Å². The van der Waals surface area contributed by atoms with Crippen LogP contribution in [0.15, 0.2) is 12.2 Å². The highest BCUT2D eigenvalue weighted by atomic mass is 16.4. The maximum absolute atomic E-state index is 9.55. The second kappa shape index (κ2) is 5.44. The van der Waals surface area contributed by atoms with Crippen LogP contribution in [0.3, 0.4) is 0 Å². The Labute approximate surface area is 104 Å². The fourth-order valence-corrected chi connectivity index (χ4v) is 2.38. The Hall–Kier alpha value is -1.48. The van der Waals surface area contributed by atoms with Crippen LogP contribution in [0.4, 0.5) is 0 Å². The minimum Gasteiger partial charge on any atom is -0.478 e. The second-order valence-corrected chi connectivity index (χ2v) is 4.54. The molecule has 0 spiro atoms. The summed E-state index contributed by atoms with van der Waals surface area (Å²) in [7, 11) is 0. The molecule has 8 nitrogen and oxygen atoms in total. The highest BCUT2D eigenvalue weighted by molar-refractivity contribution is 5.89. The Morgan fingerprint density at radius 1 is 0.667 bits per heavy atom. The first kappa shape index (κ1) is 13.0. The zero-order chi connectivity index (χ0) is 13.1. The van der Waals surface area contributed by atoms with E-state index in [1.54, 1.807) is 0 Å². The van der Waals surface area contributed by atoms with Crippen LogP contribution in [-0.4, -0.2) is 81.8 Å². The maximum Gasteiger partial charge on any atom is 0.328 e. The Bertz CT molecular complexity index is 298. The Morgan fingerprint density at radius 2 is 0.889 bits per heavy atom. The third-order valence-corrected chi connectivity index (χ3v) is 2.77. The first-order chi connectivity index (χ1) is 8.52. The molecule has 4 bridgehead atoms. The van der Waals surface area contributed by atoms with Gasteiger partial charge >= 0.3 is 11.9 Å². The summed E-state index contributed by atoms with van der Waals surface area (Å²) in [4.78, 5) is 29.0. The average Bonchev–Trinajstić information content (AvgIpc) is 2.25. The summed E-state index contributed by atoms with van der Waals surface area (Å²) in [6.07, 6.45) is 1.12. The van der Waals surface area contributed by atoms with E-state index in [0.29, 0.717) is 12.2 Å². The Kier molecular flexibility index (Phi) is 3.92. The van der Waals surface area contributed by atoms with Crippen molar-refractivity contribution in [3.63, 3.8) is 0 Å². The standard InChI is InChI=1S/C6H12N4.C4H4O4/c1-7-2-9-4-8(1)5-10(3-7)6-9;5-3(6)1-2-4(7)8/h1-6H2;1-2H,(H,5,6)(H,7,8)/b;2-1-. The molecule has 18 heavy (non-hydrogen) atoms. The molecule has 0 aromatic carbocycles. The van der Waals surface area contributed by atoms with Gasteiger partial charge in [-0.15, -0.1) is 0 Å². The quantitative estimate of drug-likeness (QED) is 0.589. The van der Waals surface area contributed by atoms with E-state index in [1.807, 2.05) is 0 Å². The van der Waals surface area contributed by atoms with Crippen LogP contribution in [0.2, 0.25) is 0 Å². The van der Waals surface area contributed by atoms with Crippen molar-refractivity contribution in [1.29, 1.82) is 0 Å². The smallest absolute Gasteiger partial charge is 0.328 e. The topological polar surface area (TPSA) is 87.6 Å². The van der Waals surface area contributed by atoms with Gasteiger partial charge in [-0.2, -0.15) is 0 Å². The van der Waals surface area contributed by atoms with Gasteiger partial charge in [-0.05, 0) is 0 Å². The van der Waals surface area contributed by atoms with E-state index in [1.165, 1.54) is 40.0 Å². The predicted octanol–water partition coefficient (Wildman–Crippen LogP) is -1.31. The summed E-state index contributed by atoms with van der Waals surface area (Å²) in [5.41, 5.74) is 0. The van der Waals surface area contributed by atoms with Crippen LogP contribution < -0.4 is 0 Å². The molecule has 4 fully saturated rings. The molecule has 4 aliphatic rings. The number of nitrogens with zero attached hydrogens (tertiary/aromatic N) is 4. The van der Waals surface area contributed by atoms with E-state index in [4.69, 9.17) is 10.2 Å². The van der Waals surface area contributed by atoms with Crippen LogP contribution in [0.5, 0.6) is 0 Å². The molecular weight excluding hydrogens is 240 g/mol. The molecule has 0 amide bonds. The summed E-state index contributed by atoms with van der Waals surface area (Å²) in [5.74, 6) is -2.51. The fraction of sp³-hybridized carbons (Fsp3) is 0.600. The van der Waals surface area contributed by atoms with Crippen molar-refractivity contribution in [2.24, 2.45) is 0 Å². The predicted molar refractivity (Wildman–Crippen MR) is 61.0 cm³/mol. The lowest BCUT2D eigenvalue weighted by molar-refractivity contribution is -0.194. The van der Waals surface area contributed by atoms with E-state index in [9.17, 15) is 9.59 Å². The molecule has 0 aromatic heterocycles. The number of hydrogen-bond acceptors (Lipinski definition) is 6. The monoisotopic (exact) mass is 256 g/mol. The molecule has 4 aliphatic heterocycles. The molecule has 4 saturated heterocycles. The van der Waals surface area contributed by atoms with Gasteiger partial charge in [0.2, 0.25) is 0 Å². The van der Waals surface area contributed by atoms with Crippen molar-refractivity contribution in [2.45, 2.75) is 0 Å². The summed E-state index contributed by atoms with van der Waals surface area (Å²) in [6.45, 7) is 7.12. The minimum absolute atomic E-state index is 0.558. The summed E-state index contributed by atoms with van der Waals surface area (Å²) in [6, 6.07) is 0. The van der Waals surface area contributed by atoms with Gasteiger partial charge in [-0.25, -0.2) is 9.59 Å². The molecule has 4 rings (SSSR count). The van der Waals surface area contributed by atoms with Crippen molar-refractivity contribution in [3.05, 3.63) is 12.2 Å². The van der Waals surface area contributed by atoms with Gasteiger partial charge in [0.15, 0.2) is 0 Å². The maximum atomic E-state index is 9.55. The molecule has 100 valence electrons. The summed E-state index contributed by atoms with van der Waals surface area (Å²) in [5, 5.41) is 15.6. The molecule has 8 heteroatoms. The molecular formula is C10H16N4O4. The first-order valence-corrected chi connectivity index (χ1v) is 5.56. The largest absolute Gasteiger partial charge is 0.478 e. The molecule has 0 atom stereocenters. The molecule has 2 N–H and O–H groups in total. The molecule has 0 unspecified atom stereocenters. The van der Waals surface area contributed by atoms with Crippen molar-refractivity contribution < 1.29 is 19.8 Å². The number of carbonyl (C=O) groups is 2. The van der Waals surface area contributed by atoms with Gasteiger partial charge in [-0.3, -0.25) is 19.6 Å². The molecule has 0 aliphatic carbocycles. The Balaban J connectivity index is 0.000000139. The van der Waals surface area contributed by atoms with Gasteiger partial charge in [0.05, 0.1) is 40.0 Å². The number of hydrogen-bond donors (Lipinski definition) is 2. The van der Waals surface area contributed by atoms with E-state index in [0.717, 1.165) is 0 Å². The molecule has 4 heterocycles. The minimum atomic E-state index is -1.26. The highest BCUT2D eigenvalue weighted by Gasteiger charge is 2.36. The van der Waals surface area contributed by atoms with Crippen LogP contribution in [0, 0.1) is 0 Å². The lowest BCUT2D eigenvalue weighted by Gasteiger charge is -2.56. The molecule has 0 radical (unpaired) electrons. The molecule has 0 saturated carbocycles. The lowest BCUT2D eigenvalue weighted by Crippen LogP contribution is -2.71. The van der Waals surface area contributed by atoms with Crippen LogP contribution in [0.25, 0.3) is 0 Å². The van der Waals surface area contributed by atoms with Crippen LogP contribution in [0.1, 0.15) is 0 Å². The highest BCUT2D eigenvalue weighted by Crippen LogP contribution is 2.20. The van der Waals surface area contributed by atoms with Crippen molar-refractivity contribution in [3.8, 4) is 0 Å². The van der Waals surface area contributed by atoms with E-state index in [-0.39, 0.29) is 0 Å². The number of carboxylic acid groups (broad SMARTS) is 2. The second-order valence-electron chi connectivity index (χ2n) is 4.54. The zero-order valence-electron chi connectivity index (χ0n) is 9.90. The number of carboxylic acids is 2. The fourth-order valence-electron chi connectivity index (χ4n) is 2.38. The van der Waals surface area contributed by atoms with Crippen molar-refractivity contribution >= 4 is 11.9 Å². The third-order valence-electron chi connectivity index (χ3n) is 2.77. The van der Waals surface area contributed by atoms with Gasteiger partial charge < -0.3 is 10.2 Å². The third kappa shape index (κ3) is 3.50. The number of rotatable bonds is 2. The van der Waals surface area contributed by atoms with Crippen LogP contribution in [-0.2, 0) is 9.59 Å². The van der Waals surface area contributed by atoms with E-state index < -0.39 is 11.9 Å².